The number of pyridine rings is 3. The predicted molar refractivity (Wildman–Crippen MR) is 322 cm³/mol. The number of thiol groups is 1. The minimum absolute atomic E-state index is 0. The summed E-state index contributed by atoms with van der Waals surface area (Å²) < 4.78 is 105. The molecule has 0 unspecified atom stereocenters. The zero-order valence-corrected chi connectivity index (χ0v) is 66.0. The van der Waals surface area contributed by atoms with Gasteiger partial charge in [0.25, 0.3) is 6.47 Å². The molecule has 9 rings (SSSR count). The van der Waals surface area contributed by atoms with Gasteiger partial charge < -0.3 is 26.2 Å². The second kappa shape index (κ2) is 46.7. The van der Waals surface area contributed by atoms with Crippen LogP contribution in [0.15, 0.2) is 161 Å². The van der Waals surface area contributed by atoms with E-state index in [1.165, 1.54) is 62.0 Å². The Hall–Kier alpha value is -0.391. The van der Waals surface area contributed by atoms with E-state index in [2.05, 4.69) is 105 Å². The van der Waals surface area contributed by atoms with Crippen LogP contribution in [0.1, 0.15) is 19.5 Å². The average Bonchev–Trinajstić information content (AvgIpc) is 3.49. The molecule has 0 radical (unpaired) electrons. The fourth-order valence-corrected chi connectivity index (χ4v) is 8.81. The first-order valence-corrected chi connectivity index (χ1v) is 29.1. The maximum Gasteiger partial charge on any atom is 1.00 e. The molecule has 1 N–H and O–H groups in total. The molecule has 0 saturated heterocycles. The Morgan fingerprint density at radius 2 is 0.938 bits per heavy atom. The summed E-state index contributed by atoms with van der Waals surface area (Å²) in [5.74, 6) is -5.38. The number of ether oxygens (including phenoxy) is 2. The molecule has 81 heavy (non-hydrogen) atoms. The van der Waals surface area contributed by atoms with Crippen molar-refractivity contribution < 1.29 is 201 Å². The van der Waals surface area contributed by atoms with Crippen molar-refractivity contribution in [3.63, 3.8) is 0 Å². The molecule has 3 heterocycles. The number of methoxy groups -OCH3 is 2. The summed E-state index contributed by atoms with van der Waals surface area (Å²) in [6.07, 6.45) is 5.23. The minimum Gasteiger partial charge on any atom is -1.00 e. The Bertz CT molecular complexity index is 3250. The largest absolute Gasteiger partial charge is 1.00 e. The van der Waals surface area contributed by atoms with Crippen molar-refractivity contribution in [1.29, 1.82) is 0 Å². The summed E-state index contributed by atoms with van der Waals surface area (Å²) in [7, 11) is 1.48. The Kier molecular flexibility index (Phi) is 45.4. The second-order valence-electron chi connectivity index (χ2n) is 14.4. The van der Waals surface area contributed by atoms with E-state index in [0.717, 1.165) is 59.5 Å². The molecule has 0 amide bonds. The molecule has 0 fully saturated rings. The van der Waals surface area contributed by atoms with Gasteiger partial charge in [-0.3, -0.25) is 24.1 Å². The molecule has 0 aliphatic rings. The number of halogens is 13. The van der Waals surface area contributed by atoms with Crippen molar-refractivity contribution in [1.82, 2.24) is 15.0 Å². The van der Waals surface area contributed by atoms with Gasteiger partial charge in [0.05, 0.1) is 44.6 Å². The van der Waals surface area contributed by atoms with Gasteiger partial charge in [0.15, 0.2) is 52.2 Å². The fraction of sp³-hybridized carbons (Fsp3) is 0.132. The summed E-state index contributed by atoms with van der Waals surface area (Å²) in [6, 6.07) is 36.6. The maximum atomic E-state index is 13.7. The minimum atomic E-state index is -1.00. The maximum absolute atomic E-state index is 13.7. The van der Waals surface area contributed by atoms with Crippen molar-refractivity contribution in [2.45, 2.75) is 31.5 Å². The first kappa shape index (κ1) is 78.6. The number of alkyl halides is 4. The van der Waals surface area contributed by atoms with E-state index in [1.807, 2.05) is 91.0 Å². The molecule has 0 atom stereocenters. The van der Waals surface area contributed by atoms with Crippen molar-refractivity contribution >= 4 is 165 Å². The summed E-state index contributed by atoms with van der Waals surface area (Å²) in [6.45, 7) is -0.181. The van der Waals surface area contributed by atoms with Crippen LogP contribution in [0, 0.1) is 34.9 Å². The Labute approximate surface area is 642 Å². The number of thioether (sulfide) groups is 2. The number of nitrogens with zero attached hydrogens (tertiary/aromatic N) is 3. The van der Waals surface area contributed by atoms with E-state index in [1.54, 1.807) is 18.6 Å². The van der Waals surface area contributed by atoms with Gasteiger partial charge in [-0.2, -0.15) is 0 Å². The van der Waals surface area contributed by atoms with Crippen molar-refractivity contribution in [2.24, 2.45) is 0 Å². The number of para-hydroxylation sites is 3. The SMILES string of the molecule is BrB(Br)Br.COc1c(F)cc(CBr)cc1F.COc1c(F)cc(CSc2cccc3cccnc23)cc1F.ClCCl.O=CO[O-].Oc1c(F)cc(CSc2cccc3cccnc23)cc1F.Sc1cccc2cccnc12.[2H]CF.[Cs+].[Cs+].[H-]. The predicted octanol–water partition coefficient (Wildman–Crippen LogP) is 11.4. The molecular weight excluding hydrogens is 1670 g/mol. The molecular formula is C53H45BBr4Cl2Cs2F7N3O6S3. The van der Waals surface area contributed by atoms with E-state index in [0.29, 0.717) is 33.5 Å². The Morgan fingerprint density at radius 3 is 1.26 bits per heavy atom. The normalized spacial score (nSPS) is 9.72. The van der Waals surface area contributed by atoms with E-state index < -0.39 is 47.8 Å². The van der Waals surface area contributed by atoms with Crippen molar-refractivity contribution in [3.05, 3.63) is 198 Å². The first-order chi connectivity index (χ1) is 38.4. The van der Waals surface area contributed by atoms with E-state index in [-0.39, 0.29) is 166 Å². The third kappa shape index (κ3) is 29.4. The molecule has 422 valence electrons. The van der Waals surface area contributed by atoms with Crippen LogP contribution in [0.4, 0.5) is 30.7 Å². The monoisotopic (exact) mass is 1710 g/mol. The number of phenolic OH excluding ortho intramolecular Hbond substituents is 1. The first-order valence-electron chi connectivity index (χ1n) is 22.4. The molecule has 6 aromatic carbocycles. The number of benzene rings is 6. The third-order valence-electron chi connectivity index (χ3n) is 9.39. The van der Waals surface area contributed by atoms with Gasteiger partial charge in [0.1, 0.15) is 0 Å². The topological polar surface area (TPSA) is 127 Å². The number of hydrogen-bond donors (Lipinski definition) is 2. The van der Waals surface area contributed by atoms with Gasteiger partial charge in [0, 0.05) is 66.3 Å². The van der Waals surface area contributed by atoms with Gasteiger partial charge in [-0.05, 0) is 89.5 Å². The second-order valence-corrected chi connectivity index (χ2v) is 24.7. The molecule has 3 aromatic heterocycles. The number of aromatic nitrogens is 3. The van der Waals surface area contributed by atoms with Crippen LogP contribution in [-0.4, -0.2) is 56.4 Å². The molecule has 0 bridgehead atoms. The molecule has 0 aliphatic carbocycles. The van der Waals surface area contributed by atoms with Gasteiger partial charge in [-0.25, -0.2) is 26.3 Å². The number of aromatic hydroxyl groups is 1. The van der Waals surface area contributed by atoms with E-state index in [4.69, 9.17) is 39.7 Å². The fourth-order valence-electron chi connectivity index (χ4n) is 6.27. The number of hydrogen-bond acceptors (Lipinski definition) is 12. The van der Waals surface area contributed by atoms with Crippen LogP contribution >= 0.6 is 123 Å². The number of carbonyl (C=O) groups excluding carboxylic acids is 1. The van der Waals surface area contributed by atoms with Gasteiger partial charge in [-0.15, -0.1) is 107 Å². The van der Waals surface area contributed by atoms with Gasteiger partial charge in [0.2, 0.25) is 0 Å². The number of rotatable bonds is 10. The summed E-state index contributed by atoms with van der Waals surface area (Å²) in [4.78, 5) is 27.0. The smallest absolute Gasteiger partial charge is 1.00 e. The van der Waals surface area contributed by atoms with Crippen LogP contribution in [-0.2, 0) is 26.5 Å². The average molecular weight is 1720 g/mol. The zero-order valence-electron chi connectivity index (χ0n) is 45.1. The van der Waals surface area contributed by atoms with Crippen LogP contribution in [0.3, 0.4) is 0 Å². The molecule has 28 heteroatoms. The molecule has 0 spiro atoms. The quantitative estimate of drug-likeness (QED) is 0.0199. The summed E-state index contributed by atoms with van der Waals surface area (Å²) in [5.41, 5.74) is 4.31. The van der Waals surface area contributed by atoms with Gasteiger partial charge >= 0.3 is 141 Å². The third-order valence-corrected chi connectivity index (χ3v) is 12.6. The van der Waals surface area contributed by atoms with Crippen LogP contribution in [0.2, 0.25) is 0 Å². The number of phenols is 1. The Balaban J connectivity index is 0. The summed E-state index contributed by atoms with van der Waals surface area (Å²) >= 11 is 29.2. The van der Waals surface area contributed by atoms with Crippen LogP contribution in [0.25, 0.3) is 32.7 Å². The van der Waals surface area contributed by atoms with Crippen LogP contribution in [0.5, 0.6) is 17.2 Å². The summed E-state index contributed by atoms with van der Waals surface area (Å²) in [5, 5.41) is 21.3. The number of carbonyl (C=O) groups is 1. The zero-order chi connectivity index (χ0) is 59.6. The van der Waals surface area contributed by atoms with Crippen molar-refractivity contribution in [2.75, 3.05) is 26.7 Å². The molecule has 0 saturated carbocycles. The molecule has 9 aromatic rings. The van der Waals surface area contributed by atoms with E-state index >= 15 is 0 Å². The number of fused-ring (bicyclic) bond motifs is 3. The van der Waals surface area contributed by atoms with E-state index in [9.17, 15) is 30.7 Å². The molecule has 9 nitrogen and oxygen atoms in total. The van der Waals surface area contributed by atoms with Crippen molar-refractivity contribution in [3.8, 4) is 17.2 Å². The standard InChI is InChI=1S/C17H13F2NOS.C16H11F2NOS.C9H7NS.C8H7BrF2O.CH2Cl2.CH3F.CH2O3.BBr3.2Cs.H/c1-21-17-13(18)8-11(9-14(17)19)10-22-15-6-2-4-12-5-3-7-20-16(12)15;17-12-7-10(8-13(18)16(12)20)9-21-14-5-1-3-11-4-2-6-19-15(11)14;11-8-5-1-3-7-4-2-6-10-9(7)8;1-12-8-6(10)2-5(4-9)3-7(8)11;2-1-3;1-2;2-1-4-3;2-1(3)4;;;/h2-9H,10H2,1H3;1-8,20H,9H2;1-6,11H;2-3H,4H2,1H3;1H2;1H3;1,3H;;;;/q;;;;;;;;2*+1;-1/p-1/i;;;;;1D;;;;;. The molecule has 0 aliphatic heterocycles. The van der Waals surface area contributed by atoms with Gasteiger partial charge in [-0.1, -0.05) is 70.5 Å². The van der Waals surface area contributed by atoms with Crippen LogP contribution < -0.4 is 153 Å². The Morgan fingerprint density at radius 1 is 0.642 bits per heavy atom.